The molecule has 0 aromatic heterocycles. The predicted octanol–water partition coefficient (Wildman–Crippen LogP) is 3.51. The fourth-order valence-corrected chi connectivity index (χ4v) is 4.14. The third-order valence-corrected chi connectivity index (χ3v) is 5.29. The molecule has 0 aliphatic heterocycles. The molecule has 2 aliphatic rings. The van der Waals surface area contributed by atoms with E-state index in [-0.39, 0.29) is 5.41 Å². The Hall–Kier alpha value is -1.06. The molecule has 1 aromatic rings. The maximum atomic E-state index is 5.94. The van der Waals surface area contributed by atoms with Crippen molar-refractivity contribution in [1.82, 2.24) is 0 Å². The largest absolute Gasteiger partial charge is 0.497 e. The first kappa shape index (κ1) is 13.9. The van der Waals surface area contributed by atoms with Gasteiger partial charge in [-0.05, 0) is 54.9 Å². The highest BCUT2D eigenvalue weighted by atomic mass is 16.7. The smallest absolute Gasteiger partial charge is 0.146 e. The standard InChI is InChI=1S/C17H24O3/c1-17-9-8-12-10-13(19-3)4-5-14(12)15(17)6-7-16(17)20-11-18-2/h4-5,10,15-16H,6-9,11H2,1-3H3/t15-,16+,17+/m1/s1. The average Bonchev–Trinajstić information content (AvgIpc) is 2.81. The maximum absolute atomic E-state index is 5.94. The minimum Gasteiger partial charge on any atom is -0.497 e. The van der Waals surface area contributed by atoms with E-state index in [2.05, 4.69) is 25.1 Å². The van der Waals surface area contributed by atoms with E-state index in [1.807, 2.05) is 0 Å². The lowest BCUT2D eigenvalue weighted by Gasteiger charge is -2.41. The first-order chi connectivity index (χ1) is 9.69. The highest BCUT2D eigenvalue weighted by Gasteiger charge is 2.50. The van der Waals surface area contributed by atoms with E-state index >= 15 is 0 Å². The van der Waals surface area contributed by atoms with E-state index in [4.69, 9.17) is 14.2 Å². The third kappa shape index (κ3) is 2.13. The van der Waals surface area contributed by atoms with Crippen LogP contribution in [0.2, 0.25) is 0 Å². The molecule has 0 unspecified atom stereocenters. The molecular formula is C17H24O3. The number of ether oxygens (including phenoxy) is 3. The van der Waals surface area contributed by atoms with Gasteiger partial charge in [0.25, 0.3) is 0 Å². The van der Waals surface area contributed by atoms with Gasteiger partial charge in [0.15, 0.2) is 0 Å². The van der Waals surface area contributed by atoms with Crippen LogP contribution in [0.15, 0.2) is 18.2 Å². The lowest BCUT2D eigenvalue weighted by atomic mass is 9.66. The van der Waals surface area contributed by atoms with Crippen LogP contribution in [0.25, 0.3) is 0 Å². The summed E-state index contributed by atoms with van der Waals surface area (Å²) in [7, 11) is 3.43. The predicted molar refractivity (Wildman–Crippen MR) is 78.1 cm³/mol. The molecule has 20 heavy (non-hydrogen) atoms. The van der Waals surface area contributed by atoms with E-state index in [0.29, 0.717) is 18.8 Å². The number of hydrogen-bond donors (Lipinski definition) is 0. The normalized spacial score (nSPS) is 31.8. The zero-order chi connectivity index (χ0) is 14.2. The quantitative estimate of drug-likeness (QED) is 0.788. The van der Waals surface area contributed by atoms with Gasteiger partial charge in [-0.1, -0.05) is 13.0 Å². The van der Waals surface area contributed by atoms with Gasteiger partial charge >= 0.3 is 0 Å². The molecule has 3 heteroatoms. The van der Waals surface area contributed by atoms with E-state index in [1.54, 1.807) is 14.2 Å². The van der Waals surface area contributed by atoms with Gasteiger partial charge in [0.05, 0.1) is 13.2 Å². The number of aryl methyl sites for hydroxylation is 1. The molecule has 1 fully saturated rings. The fourth-order valence-electron chi connectivity index (χ4n) is 4.14. The van der Waals surface area contributed by atoms with Gasteiger partial charge in [-0.25, -0.2) is 0 Å². The van der Waals surface area contributed by atoms with E-state index in [9.17, 15) is 0 Å². The van der Waals surface area contributed by atoms with Gasteiger partial charge in [0, 0.05) is 12.5 Å². The van der Waals surface area contributed by atoms with Crippen LogP contribution >= 0.6 is 0 Å². The Labute approximate surface area is 121 Å². The van der Waals surface area contributed by atoms with Gasteiger partial charge in [-0.2, -0.15) is 0 Å². The van der Waals surface area contributed by atoms with E-state index in [1.165, 1.54) is 24.0 Å². The summed E-state index contributed by atoms with van der Waals surface area (Å²) in [6.45, 7) is 2.79. The molecule has 1 saturated carbocycles. The molecule has 0 amide bonds. The minimum absolute atomic E-state index is 0.250. The second kappa shape index (κ2) is 5.38. The summed E-state index contributed by atoms with van der Waals surface area (Å²) in [5.74, 6) is 1.58. The van der Waals surface area contributed by atoms with E-state index < -0.39 is 0 Å². The van der Waals surface area contributed by atoms with Crippen LogP contribution in [-0.4, -0.2) is 27.1 Å². The fraction of sp³-hybridized carbons (Fsp3) is 0.647. The van der Waals surface area contributed by atoms with Crippen LogP contribution in [0, 0.1) is 5.41 Å². The zero-order valence-corrected chi connectivity index (χ0v) is 12.6. The van der Waals surface area contributed by atoms with Crippen LogP contribution in [0.1, 0.15) is 43.2 Å². The highest BCUT2D eigenvalue weighted by Crippen LogP contribution is 2.56. The van der Waals surface area contributed by atoms with Crippen molar-refractivity contribution >= 4 is 0 Å². The van der Waals surface area contributed by atoms with Crippen molar-refractivity contribution in [1.29, 1.82) is 0 Å². The highest BCUT2D eigenvalue weighted by molar-refractivity contribution is 5.41. The molecular weight excluding hydrogens is 252 g/mol. The van der Waals surface area contributed by atoms with Crippen LogP contribution in [0.4, 0.5) is 0 Å². The minimum atomic E-state index is 0.250. The molecule has 0 N–H and O–H groups in total. The molecule has 2 aliphatic carbocycles. The molecule has 3 atom stereocenters. The molecule has 0 saturated heterocycles. The second-order valence-electron chi connectivity index (χ2n) is 6.26. The Morgan fingerprint density at radius 3 is 2.85 bits per heavy atom. The summed E-state index contributed by atoms with van der Waals surface area (Å²) >= 11 is 0. The van der Waals surface area contributed by atoms with Gasteiger partial charge in [-0.15, -0.1) is 0 Å². The van der Waals surface area contributed by atoms with Crippen molar-refractivity contribution in [2.45, 2.75) is 44.6 Å². The van der Waals surface area contributed by atoms with Gasteiger partial charge in [0.2, 0.25) is 0 Å². The van der Waals surface area contributed by atoms with Crippen molar-refractivity contribution in [3.63, 3.8) is 0 Å². The van der Waals surface area contributed by atoms with Crippen LogP contribution in [0.5, 0.6) is 5.75 Å². The average molecular weight is 276 g/mol. The van der Waals surface area contributed by atoms with Crippen LogP contribution < -0.4 is 4.74 Å². The summed E-state index contributed by atoms with van der Waals surface area (Å²) in [6.07, 6.45) is 4.97. The summed E-state index contributed by atoms with van der Waals surface area (Å²) < 4.78 is 16.4. The first-order valence-electron chi connectivity index (χ1n) is 7.46. The Kier molecular flexibility index (Phi) is 3.74. The monoisotopic (exact) mass is 276 g/mol. The topological polar surface area (TPSA) is 27.7 Å². The molecule has 1 aromatic carbocycles. The summed E-state index contributed by atoms with van der Waals surface area (Å²) in [5.41, 5.74) is 3.21. The molecule has 0 spiro atoms. The SMILES string of the molecule is COCO[C@H]1CC[C@@H]2c3ccc(OC)cc3CC[C@]12C. The number of hydrogen-bond acceptors (Lipinski definition) is 3. The molecule has 0 heterocycles. The Balaban J connectivity index is 1.87. The van der Waals surface area contributed by atoms with Crippen molar-refractivity contribution < 1.29 is 14.2 Å². The molecule has 110 valence electrons. The number of fused-ring (bicyclic) bond motifs is 3. The molecule has 0 bridgehead atoms. The third-order valence-electron chi connectivity index (χ3n) is 5.29. The maximum Gasteiger partial charge on any atom is 0.146 e. The molecule has 3 nitrogen and oxygen atoms in total. The van der Waals surface area contributed by atoms with Crippen molar-refractivity contribution in [3.05, 3.63) is 29.3 Å². The van der Waals surface area contributed by atoms with Crippen LogP contribution in [-0.2, 0) is 15.9 Å². The number of methoxy groups -OCH3 is 2. The zero-order valence-electron chi connectivity index (χ0n) is 12.6. The van der Waals surface area contributed by atoms with Crippen molar-refractivity contribution in [2.24, 2.45) is 5.41 Å². The summed E-state index contributed by atoms with van der Waals surface area (Å²) in [5, 5.41) is 0. The Morgan fingerprint density at radius 1 is 1.25 bits per heavy atom. The van der Waals surface area contributed by atoms with Gasteiger partial charge in [-0.3, -0.25) is 0 Å². The summed E-state index contributed by atoms with van der Waals surface area (Å²) in [6, 6.07) is 6.56. The van der Waals surface area contributed by atoms with E-state index in [0.717, 1.165) is 18.6 Å². The van der Waals surface area contributed by atoms with Crippen molar-refractivity contribution in [3.8, 4) is 5.75 Å². The lowest BCUT2D eigenvalue weighted by molar-refractivity contribution is -0.109. The van der Waals surface area contributed by atoms with Crippen LogP contribution in [0.3, 0.4) is 0 Å². The lowest BCUT2D eigenvalue weighted by Crippen LogP contribution is -2.37. The molecule has 3 rings (SSSR count). The van der Waals surface area contributed by atoms with Crippen molar-refractivity contribution in [2.75, 3.05) is 21.0 Å². The van der Waals surface area contributed by atoms with Gasteiger partial charge in [0.1, 0.15) is 12.5 Å². The Bertz CT molecular complexity index is 485. The van der Waals surface area contributed by atoms with Gasteiger partial charge < -0.3 is 14.2 Å². The number of rotatable bonds is 4. The number of benzene rings is 1. The first-order valence-corrected chi connectivity index (χ1v) is 7.46. The summed E-state index contributed by atoms with van der Waals surface area (Å²) in [4.78, 5) is 0. The second-order valence-corrected chi connectivity index (χ2v) is 6.26. The Morgan fingerprint density at radius 2 is 2.10 bits per heavy atom. The molecule has 0 radical (unpaired) electrons.